The van der Waals surface area contributed by atoms with Crippen LogP contribution >= 0.6 is 27.5 Å². The summed E-state index contributed by atoms with van der Waals surface area (Å²) in [4.78, 5) is 12.3. The Morgan fingerprint density at radius 1 is 1.32 bits per heavy atom. The molecule has 1 atom stereocenters. The number of nitrogens with one attached hydrogen (secondary N) is 1. The van der Waals surface area contributed by atoms with Gasteiger partial charge in [-0.05, 0) is 37.6 Å². The molecule has 0 amide bonds. The van der Waals surface area contributed by atoms with Crippen LogP contribution in [-0.2, 0) is 0 Å². The third-order valence-electron chi connectivity index (χ3n) is 3.58. The summed E-state index contributed by atoms with van der Waals surface area (Å²) in [5.74, 6) is 0.135. The van der Waals surface area contributed by atoms with E-state index in [1.807, 2.05) is 6.07 Å². The van der Waals surface area contributed by atoms with Crippen LogP contribution in [0, 0.1) is 0 Å². The van der Waals surface area contributed by atoms with Crippen molar-refractivity contribution in [2.75, 3.05) is 6.54 Å². The molecule has 1 fully saturated rings. The van der Waals surface area contributed by atoms with Crippen molar-refractivity contribution in [1.29, 1.82) is 0 Å². The number of hydrogen-bond donors (Lipinski definition) is 1. The lowest BCUT2D eigenvalue weighted by Gasteiger charge is -2.21. The van der Waals surface area contributed by atoms with Gasteiger partial charge in [-0.2, -0.15) is 0 Å². The highest BCUT2D eigenvalue weighted by molar-refractivity contribution is 9.10. The fourth-order valence-electron chi connectivity index (χ4n) is 2.50. The van der Waals surface area contributed by atoms with Gasteiger partial charge in [0.25, 0.3) is 0 Å². The molecule has 0 bridgehead atoms. The van der Waals surface area contributed by atoms with Gasteiger partial charge in [-0.25, -0.2) is 0 Å². The van der Waals surface area contributed by atoms with Gasteiger partial charge < -0.3 is 5.32 Å². The lowest BCUT2D eigenvalue weighted by Crippen LogP contribution is -2.33. The highest BCUT2D eigenvalue weighted by Gasteiger charge is 2.17. The Balaban J connectivity index is 1.99. The zero-order chi connectivity index (χ0) is 13.7. The van der Waals surface area contributed by atoms with Gasteiger partial charge in [-0.1, -0.05) is 46.8 Å². The Kier molecular flexibility index (Phi) is 5.86. The van der Waals surface area contributed by atoms with Gasteiger partial charge >= 0.3 is 0 Å². The highest BCUT2D eigenvalue weighted by atomic mass is 79.9. The largest absolute Gasteiger partial charge is 0.314 e. The number of ketones is 1. The predicted octanol–water partition coefficient (Wildman–Crippen LogP) is 4.60. The second kappa shape index (κ2) is 7.41. The van der Waals surface area contributed by atoms with E-state index >= 15 is 0 Å². The van der Waals surface area contributed by atoms with Crippen molar-refractivity contribution in [3.63, 3.8) is 0 Å². The lowest BCUT2D eigenvalue weighted by molar-refractivity contribution is 0.0966. The molecule has 1 aliphatic heterocycles. The van der Waals surface area contributed by atoms with Gasteiger partial charge in [0.1, 0.15) is 0 Å². The Hall–Kier alpha value is -0.380. The number of halogens is 2. The van der Waals surface area contributed by atoms with E-state index in [4.69, 9.17) is 11.6 Å². The Labute approximate surface area is 128 Å². The van der Waals surface area contributed by atoms with Crippen LogP contribution in [0.5, 0.6) is 0 Å². The summed E-state index contributed by atoms with van der Waals surface area (Å²) in [6.07, 6.45) is 6.63. The number of Topliss-reactive ketones (excluding diaryl/α,β-unsaturated/α-hetero) is 1. The summed E-state index contributed by atoms with van der Waals surface area (Å²) in [5, 5.41) is 4.01. The number of carbonyl (C=O) groups excluding carboxylic acids is 1. The van der Waals surface area contributed by atoms with E-state index in [-0.39, 0.29) is 5.78 Å². The fourth-order valence-corrected chi connectivity index (χ4v) is 3.28. The van der Waals surface area contributed by atoms with Gasteiger partial charge in [0, 0.05) is 22.5 Å². The van der Waals surface area contributed by atoms with Crippen molar-refractivity contribution in [2.24, 2.45) is 0 Å². The topological polar surface area (TPSA) is 29.1 Å². The smallest absolute Gasteiger partial charge is 0.165 e. The zero-order valence-corrected chi connectivity index (χ0v) is 13.3. The van der Waals surface area contributed by atoms with E-state index < -0.39 is 0 Å². The van der Waals surface area contributed by atoms with Crippen molar-refractivity contribution < 1.29 is 4.79 Å². The van der Waals surface area contributed by atoms with E-state index in [1.54, 1.807) is 12.1 Å². The Morgan fingerprint density at radius 2 is 2.11 bits per heavy atom. The molecule has 0 aliphatic carbocycles. The molecule has 104 valence electrons. The normalized spacial score (nSPS) is 20.6. The molecular formula is C15H19BrClNO. The maximum atomic E-state index is 12.3. The van der Waals surface area contributed by atoms with Crippen LogP contribution in [0.15, 0.2) is 22.7 Å². The second-order valence-corrected chi connectivity index (χ2v) is 6.43. The van der Waals surface area contributed by atoms with Crippen LogP contribution in [-0.4, -0.2) is 18.4 Å². The fraction of sp³-hybridized carbons (Fsp3) is 0.533. The summed E-state index contributed by atoms with van der Waals surface area (Å²) in [6, 6.07) is 5.75. The molecule has 1 unspecified atom stereocenters. The third-order valence-corrected chi connectivity index (χ3v) is 4.38. The number of benzene rings is 1. The molecule has 1 N–H and O–H groups in total. The summed E-state index contributed by atoms with van der Waals surface area (Å²) < 4.78 is 0.901. The quantitative estimate of drug-likeness (QED) is 0.812. The van der Waals surface area contributed by atoms with Crippen LogP contribution in [0.2, 0.25) is 5.02 Å². The number of rotatable bonds is 3. The molecular weight excluding hydrogens is 326 g/mol. The summed E-state index contributed by atoms with van der Waals surface area (Å²) in [5.41, 5.74) is 0.633. The van der Waals surface area contributed by atoms with Gasteiger partial charge in [-0.15, -0.1) is 0 Å². The van der Waals surface area contributed by atoms with E-state index in [9.17, 15) is 4.79 Å². The first kappa shape index (κ1) is 15.0. The minimum atomic E-state index is 0.135. The number of hydrogen-bond acceptors (Lipinski definition) is 2. The molecule has 1 aliphatic rings. The van der Waals surface area contributed by atoms with E-state index in [0.717, 1.165) is 17.4 Å². The van der Waals surface area contributed by atoms with Crippen LogP contribution in [0.1, 0.15) is 48.9 Å². The van der Waals surface area contributed by atoms with Crippen molar-refractivity contribution >= 4 is 33.3 Å². The molecule has 0 saturated carbocycles. The van der Waals surface area contributed by atoms with Gasteiger partial charge in [0.05, 0.1) is 5.02 Å². The highest BCUT2D eigenvalue weighted by Crippen LogP contribution is 2.23. The van der Waals surface area contributed by atoms with Crippen LogP contribution < -0.4 is 5.32 Å². The van der Waals surface area contributed by atoms with Crippen LogP contribution in [0.25, 0.3) is 0 Å². The molecule has 0 spiro atoms. The van der Waals surface area contributed by atoms with Crippen LogP contribution in [0.4, 0.5) is 0 Å². The zero-order valence-electron chi connectivity index (χ0n) is 10.9. The number of carbonyl (C=O) groups is 1. The standard InChI is InChI=1S/C15H19BrClNO/c16-11-6-7-13(14(17)9-11)15(19)10-12-5-3-1-2-4-8-18-12/h6-7,9,12,18H,1-5,8,10H2. The molecule has 4 heteroatoms. The average Bonchev–Trinajstić information content (AvgIpc) is 2.32. The van der Waals surface area contributed by atoms with E-state index in [2.05, 4.69) is 21.2 Å². The first-order chi connectivity index (χ1) is 9.16. The molecule has 2 rings (SSSR count). The first-order valence-corrected chi connectivity index (χ1v) is 8.05. The Morgan fingerprint density at radius 3 is 2.89 bits per heavy atom. The Bertz CT molecular complexity index is 442. The summed E-state index contributed by atoms with van der Waals surface area (Å²) in [6.45, 7) is 1.02. The second-order valence-electron chi connectivity index (χ2n) is 5.11. The molecule has 2 nitrogen and oxygen atoms in total. The monoisotopic (exact) mass is 343 g/mol. The molecule has 1 heterocycles. The molecule has 0 radical (unpaired) electrons. The first-order valence-electron chi connectivity index (χ1n) is 6.88. The maximum absolute atomic E-state index is 12.3. The molecule has 1 aromatic rings. The van der Waals surface area contributed by atoms with Gasteiger partial charge in [0.2, 0.25) is 0 Å². The van der Waals surface area contributed by atoms with Crippen molar-refractivity contribution in [3.8, 4) is 0 Å². The van der Waals surface area contributed by atoms with E-state index in [0.29, 0.717) is 23.0 Å². The molecule has 0 aromatic heterocycles. The maximum Gasteiger partial charge on any atom is 0.165 e. The lowest BCUT2D eigenvalue weighted by atomic mass is 9.97. The summed E-state index contributed by atoms with van der Waals surface area (Å²) >= 11 is 9.48. The van der Waals surface area contributed by atoms with Gasteiger partial charge in [-0.3, -0.25) is 4.79 Å². The van der Waals surface area contributed by atoms with E-state index in [1.165, 1.54) is 25.7 Å². The molecule has 1 aromatic carbocycles. The molecule has 1 saturated heterocycles. The minimum absolute atomic E-state index is 0.135. The third kappa shape index (κ3) is 4.59. The van der Waals surface area contributed by atoms with Gasteiger partial charge in [0.15, 0.2) is 5.78 Å². The average molecular weight is 345 g/mol. The predicted molar refractivity (Wildman–Crippen MR) is 83.0 cm³/mol. The molecule has 19 heavy (non-hydrogen) atoms. The summed E-state index contributed by atoms with van der Waals surface area (Å²) in [7, 11) is 0. The van der Waals surface area contributed by atoms with Crippen LogP contribution in [0.3, 0.4) is 0 Å². The SMILES string of the molecule is O=C(CC1CCCCCCN1)c1ccc(Br)cc1Cl. The van der Waals surface area contributed by atoms with Crippen molar-refractivity contribution in [1.82, 2.24) is 5.32 Å². The minimum Gasteiger partial charge on any atom is -0.314 e. The van der Waals surface area contributed by atoms with Crippen molar-refractivity contribution in [2.45, 2.75) is 44.6 Å². The van der Waals surface area contributed by atoms with Crippen molar-refractivity contribution in [3.05, 3.63) is 33.3 Å².